The van der Waals surface area contributed by atoms with Crippen molar-refractivity contribution in [1.82, 2.24) is 4.90 Å². The van der Waals surface area contributed by atoms with Crippen LogP contribution in [0.3, 0.4) is 0 Å². The van der Waals surface area contributed by atoms with Gasteiger partial charge in [0.1, 0.15) is 17.2 Å². The Morgan fingerprint density at radius 3 is 2.26 bits per heavy atom. The van der Waals surface area contributed by atoms with Crippen molar-refractivity contribution in [2.45, 2.75) is 20.3 Å². The van der Waals surface area contributed by atoms with E-state index in [-0.39, 0.29) is 24.1 Å². The smallest absolute Gasteiger partial charge is 0.278 e. The second-order valence-electron chi connectivity index (χ2n) is 8.25. The van der Waals surface area contributed by atoms with E-state index in [0.29, 0.717) is 23.4 Å². The predicted octanol–water partition coefficient (Wildman–Crippen LogP) is 4.76. The van der Waals surface area contributed by atoms with E-state index in [1.807, 2.05) is 80.6 Å². The maximum atomic E-state index is 13.6. The molecule has 4 rings (SSSR count). The molecule has 0 fully saturated rings. The van der Waals surface area contributed by atoms with Crippen LogP contribution in [0.1, 0.15) is 22.3 Å². The third-order valence-corrected chi connectivity index (χ3v) is 5.97. The number of anilines is 1. The molecular weight excluding hydrogens is 428 g/mol. The summed E-state index contributed by atoms with van der Waals surface area (Å²) in [6, 6.07) is 20.8. The SMILES string of the molecule is COc1ccc(CCN2C(=O)C(Nc3ccccc3OC)=C(c3ccc(C)cc3C)C2=O)cc1. The Balaban J connectivity index is 1.69. The second kappa shape index (κ2) is 9.83. The van der Waals surface area contributed by atoms with Crippen molar-refractivity contribution < 1.29 is 19.1 Å². The molecule has 0 aromatic heterocycles. The van der Waals surface area contributed by atoms with Crippen LogP contribution in [0.25, 0.3) is 5.57 Å². The number of aryl methyl sites for hydroxylation is 2. The molecule has 0 saturated carbocycles. The van der Waals surface area contributed by atoms with Crippen LogP contribution in [0.2, 0.25) is 0 Å². The number of para-hydroxylation sites is 2. The first-order valence-electron chi connectivity index (χ1n) is 11.1. The summed E-state index contributed by atoms with van der Waals surface area (Å²) in [5.41, 5.74) is 5.05. The van der Waals surface area contributed by atoms with Gasteiger partial charge >= 0.3 is 0 Å². The van der Waals surface area contributed by atoms with E-state index in [9.17, 15) is 9.59 Å². The summed E-state index contributed by atoms with van der Waals surface area (Å²) in [5, 5.41) is 3.20. The molecule has 3 aromatic carbocycles. The van der Waals surface area contributed by atoms with Crippen molar-refractivity contribution in [2.24, 2.45) is 0 Å². The molecule has 6 heteroatoms. The minimum absolute atomic E-state index is 0.260. The first-order chi connectivity index (χ1) is 16.4. The quantitative estimate of drug-likeness (QED) is 0.495. The Labute approximate surface area is 199 Å². The number of carbonyl (C=O) groups is 2. The first kappa shape index (κ1) is 23.1. The highest BCUT2D eigenvalue weighted by atomic mass is 16.5. The van der Waals surface area contributed by atoms with E-state index < -0.39 is 0 Å². The van der Waals surface area contributed by atoms with Gasteiger partial charge in [0, 0.05) is 6.54 Å². The third-order valence-electron chi connectivity index (χ3n) is 5.97. The van der Waals surface area contributed by atoms with E-state index in [1.165, 1.54) is 4.90 Å². The predicted molar refractivity (Wildman–Crippen MR) is 133 cm³/mol. The average molecular weight is 457 g/mol. The Morgan fingerprint density at radius 2 is 1.59 bits per heavy atom. The summed E-state index contributed by atoms with van der Waals surface area (Å²) in [5.74, 6) is 0.702. The molecule has 1 aliphatic heterocycles. The molecule has 0 radical (unpaired) electrons. The van der Waals surface area contributed by atoms with Crippen molar-refractivity contribution in [3.8, 4) is 11.5 Å². The Hall–Kier alpha value is -4.06. The molecule has 1 N–H and O–H groups in total. The summed E-state index contributed by atoms with van der Waals surface area (Å²) >= 11 is 0. The average Bonchev–Trinajstić information content (AvgIpc) is 3.07. The molecule has 0 bridgehead atoms. The molecule has 0 spiro atoms. The molecule has 1 heterocycles. The van der Waals surface area contributed by atoms with Gasteiger partial charge in [0.15, 0.2) is 0 Å². The van der Waals surface area contributed by atoms with E-state index in [4.69, 9.17) is 9.47 Å². The van der Waals surface area contributed by atoms with Crippen LogP contribution in [0.5, 0.6) is 11.5 Å². The van der Waals surface area contributed by atoms with Crippen molar-refractivity contribution in [3.63, 3.8) is 0 Å². The van der Waals surface area contributed by atoms with Crippen molar-refractivity contribution >= 4 is 23.1 Å². The number of nitrogens with one attached hydrogen (secondary N) is 1. The molecule has 174 valence electrons. The maximum Gasteiger partial charge on any atom is 0.278 e. The fourth-order valence-corrected chi connectivity index (χ4v) is 4.15. The number of hydrogen-bond donors (Lipinski definition) is 1. The van der Waals surface area contributed by atoms with Gasteiger partial charge in [0.05, 0.1) is 25.5 Å². The molecule has 1 aliphatic rings. The fourth-order valence-electron chi connectivity index (χ4n) is 4.15. The third kappa shape index (κ3) is 4.53. The standard InChI is InChI=1S/C28H28N2O4/c1-18-9-14-22(19(2)17-18)25-26(29-23-7-5-6-8-24(23)34-4)28(32)30(27(25)31)16-15-20-10-12-21(33-3)13-11-20/h5-14,17,29H,15-16H2,1-4H3. The van der Waals surface area contributed by atoms with E-state index in [0.717, 1.165) is 28.0 Å². The first-order valence-corrected chi connectivity index (χ1v) is 11.1. The van der Waals surface area contributed by atoms with Gasteiger partial charge in [-0.2, -0.15) is 0 Å². The van der Waals surface area contributed by atoms with Crippen LogP contribution in [0.15, 0.2) is 72.4 Å². The van der Waals surface area contributed by atoms with E-state index in [2.05, 4.69) is 5.32 Å². The summed E-state index contributed by atoms with van der Waals surface area (Å²) in [6.07, 6.45) is 0.545. The number of carbonyl (C=O) groups excluding carboxylic acids is 2. The number of nitrogens with zero attached hydrogens (tertiary/aromatic N) is 1. The number of amides is 2. The number of methoxy groups -OCH3 is 2. The van der Waals surface area contributed by atoms with E-state index >= 15 is 0 Å². The molecule has 0 saturated heterocycles. The van der Waals surface area contributed by atoms with Crippen LogP contribution < -0.4 is 14.8 Å². The highest BCUT2D eigenvalue weighted by Gasteiger charge is 2.39. The summed E-state index contributed by atoms with van der Waals surface area (Å²) < 4.78 is 10.7. The van der Waals surface area contributed by atoms with Gasteiger partial charge in [-0.3, -0.25) is 14.5 Å². The van der Waals surface area contributed by atoms with Crippen molar-refractivity contribution in [3.05, 3.63) is 94.7 Å². The zero-order valence-corrected chi connectivity index (χ0v) is 19.8. The lowest BCUT2D eigenvalue weighted by Gasteiger charge is -2.16. The fraction of sp³-hybridized carbons (Fsp3) is 0.214. The Kier molecular flexibility index (Phi) is 6.68. The second-order valence-corrected chi connectivity index (χ2v) is 8.25. The van der Waals surface area contributed by atoms with Crippen LogP contribution in [-0.2, 0) is 16.0 Å². The molecule has 0 aliphatic carbocycles. The van der Waals surface area contributed by atoms with Gasteiger partial charge in [0.2, 0.25) is 0 Å². The zero-order chi connectivity index (χ0) is 24.2. The normalized spacial score (nSPS) is 13.5. The summed E-state index contributed by atoms with van der Waals surface area (Å²) in [7, 11) is 3.19. The molecule has 0 atom stereocenters. The number of ether oxygens (including phenoxy) is 2. The van der Waals surface area contributed by atoms with Crippen LogP contribution in [0.4, 0.5) is 5.69 Å². The molecule has 3 aromatic rings. The van der Waals surface area contributed by atoms with Gasteiger partial charge in [-0.25, -0.2) is 0 Å². The summed E-state index contributed by atoms with van der Waals surface area (Å²) in [4.78, 5) is 28.4. The highest BCUT2D eigenvalue weighted by Crippen LogP contribution is 2.34. The largest absolute Gasteiger partial charge is 0.497 e. The lowest BCUT2D eigenvalue weighted by Crippen LogP contribution is -2.34. The number of benzene rings is 3. The van der Waals surface area contributed by atoms with Crippen LogP contribution >= 0.6 is 0 Å². The van der Waals surface area contributed by atoms with Gasteiger partial charge in [0.25, 0.3) is 11.8 Å². The molecular formula is C28H28N2O4. The molecule has 34 heavy (non-hydrogen) atoms. The number of rotatable bonds is 8. The molecule has 6 nitrogen and oxygen atoms in total. The van der Waals surface area contributed by atoms with Crippen LogP contribution in [-0.4, -0.2) is 37.5 Å². The lowest BCUT2D eigenvalue weighted by atomic mass is 9.97. The molecule has 0 unspecified atom stereocenters. The monoisotopic (exact) mass is 456 g/mol. The van der Waals surface area contributed by atoms with Crippen LogP contribution in [0, 0.1) is 13.8 Å². The lowest BCUT2D eigenvalue weighted by molar-refractivity contribution is -0.136. The Morgan fingerprint density at radius 1 is 0.853 bits per heavy atom. The van der Waals surface area contributed by atoms with E-state index in [1.54, 1.807) is 14.2 Å². The van der Waals surface area contributed by atoms with Gasteiger partial charge in [-0.05, 0) is 61.2 Å². The molecule has 2 amide bonds. The maximum absolute atomic E-state index is 13.6. The topological polar surface area (TPSA) is 67.9 Å². The van der Waals surface area contributed by atoms with Crippen molar-refractivity contribution in [1.29, 1.82) is 0 Å². The van der Waals surface area contributed by atoms with Gasteiger partial charge in [-0.1, -0.05) is 48.0 Å². The van der Waals surface area contributed by atoms with Crippen molar-refractivity contribution in [2.75, 3.05) is 26.1 Å². The number of hydrogen-bond acceptors (Lipinski definition) is 5. The number of imide groups is 1. The minimum atomic E-state index is -0.348. The zero-order valence-electron chi connectivity index (χ0n) is 19.8. The minimum Gasteiger partial charge on any atom is -0.497 e. The summed E-state index contributed by atoms with van der Waals surface area (Å²) in [6.45, 7) is 4.23. The Bertz CT molecular complexity index is 1260. The van der Waals surface area contributed by atoms with Gasteiger partial charge < -0.3 is 14.8 Å². The highest BCUT2D eigenvalue weighted by molar-refractivity contribution is 6.36. The van der Waals surface area contributed by atoms with Gasteiger partial charge in [-0.15, -0.1) is 0 Å².